The lowest BCUT2D eigenvalue weighted by Gasteiger charge is -2.08. The summed E-state index contributed by atoms with van der Waals surface area (Å²) in [7, 11) is 0. The highest BCUT2D eigenvalue weighted by atomic mass is 79.9. The predicted molar refractivity (Wildman–Crippen MR) is 68.5 cm³/mol. The van der Waals surface area contributed by atoms with Gasteiger partial charge in [-0.1, -0.05) is 22.0 Å². The van der Waals surface area contributed by atoms with Gasteiger partial charge in [0.1, 0.15) is 11.5 Å². The van der Waals surface area contributed by atoms with Crippen molar-refractivity contribution in [1.82, 2.24) is 4.98 Å². The van der Waals surface area contributed by atoms with Gasteiger partial charge in [-0.3, -0.25) is 0 Å². The van der Waals surface area contributed by atoms with Crippen LogP contribution in [-0.4, -0.2) is 16.1 Å². The summed E-state index contributed by atoms with van der Waals surface area (Å²) in [5.41, 5.74) is -0.610. The first-order chi connectivity index (χ1) is 8.97. The molecule has 0 bridgehead atoms. The fourth-order valence-corrected chi connectivity index (χ4v) is 1.82. The smallest absolute Gasteiger partial charge is 0.354 e. The summed E-state index contributed by atoms with van der Waals surface area (Å²) in [5.74, 6) is -2.80. The van der Waals surface area contributed by atoms with Gasteiger partial charge in [0.2, 0.25) is 0 Å². The van der Waals surface area contributed by atoms with Crippen LogP contribution in [0.25, 0.3) is 0 Å². The van der Waals surface area contributed by atoms with Crippen molar-refractivity contribution in [2.45, 2.75) is 0 Å². The molecule has 0 aliphatic heterocycles. The molecule has 1 aromatic carbocycles. The first-order valence-corrected chi connectivity index (χ1v) is 5.88. The number of rotatable bonds is 3. The normalized spacial score (nSPS) is 10.3. The standard InChI is InChI=1S/C12H7BrF2N2O2/c13-6-4-7(14)11(8(15)5-6)17-10-3-1-2-9(16-10)12(18)19/h1-5H,(H,16,17)(H,18,19). The third-order valence-electron chi connectivity index (χ3n) is 2.23. The summed E-state index contributed by atoms with van der Waals surface area (Å²) in [4.78, 5) is 14.5. The number of aromatic carboxylic acids is 1. The molecular weight excluding hydrogens is 322 g/mol. The van der Waals surface area contributed by atoms with Crippen molar-refractivity contribution >= 4 is 33.4 Å². The summed E-state index contributed by atoms with van der Waals surface area (Å²) < 4.78 is 27.4. The minimum absolute atomic E-state index is 0.0417. The quantitative estimate of drug-likeness (QED) is 0.904. The Bertz CT molecular complexity index is 626. The molecule has 7 heteroatoms. The van der Waals surface area contributed by atoms with Crippen LogP contribution in [-0.2, 0) is 0 Å². The number of pyridine rings is 1. The maximum atomic E-state index is 13.6. The summed E-state index contributed by atoms with van der Waals surface area (Å²) >= 11 is 2.96. The Morgan fingerprint density at radius 2 is 1.89 bits per heavy atom. The SMILES string of the molecule is O=C(O)c1cccc(Nc2c(F)cc(Br)cc2F)n1. The summed E-state index contributed by atoms with van der Waals surface area (Å²) in [6.45, 7) is 0. The van der Waals surface area contributed by atoms with E-state index in [0.29, 0.717) is 0 Å². The van der Waals surface area contributed by atoms with Crippen molar-refractivity contribution in [2.75, 3.05) is 5.32 Å². The monoisotopic (exact) mass is 328 g/mol. The van der Waals surface area contributed by atoms with Gasteiger partial charge in [-0.25, -0.2) is 18.6 Å². The molecule has 4 nitrogen and oxygen atoms in total. The second kappa shape index (κ2) is 5.31. The Morgan fingerprint density at radius 1 is 1.26 bits per heavy atom. The molecule has 0 aliphatic rings. The molecular formula is C12H7BrF2N2O2. The zero-order valence-corrected chi connectivity index (χ0v) is 10.9. The van der Waals surface area contributed by atoms with E-state index in [2.05, 4.69) is 26.2 Å². The van der Waals surface area contributed by atoms with Crippen LogP contribution in [0.5, 0.6) is 0 Å². The van der Waals surface area contributed by atoms with Crippen molar-refractivity contribution < 1.29 is 18.7 Å². The molecule has 98 valence electrons. The average Bonchev–Trinajstić information content (AvgIpc) is 2.34. The van der Waals surface area contributed by atoms with E-state index < -0.39 is 23.3 Å². The number of anilines is 2. The van der Waals surface area contributed by atoms with E-state index in [4.69, 9.17) is 5.11 Å². The summed E-state index contributed by atoms with van der Waals surface area (Å²) in [6.07, 6.45) is 0. The summed E-state index contributed by atoms with van der Waals surface area (Å²) in [6, 6.07) is 6.29. The Hall–Kier alpha value is -2.02. The van der Waals surface area contributed by atoms with E-state index in [-0.39, 0.29) is 16.0 Å². The molecule has 2 rings (SSSR count). The van der Waals surface area contributed by atoms with Crippen LogP contribution >= 0.6 is 15.9 Å². The lowest BCUT2D eigenvalue weighted by molar-refractivity contribution is 0.0690. The number of nitrogens with one attached hydrogen (secondary N) is 1. The van der Waals surface area contributed by atoms with Crippen molar-refractivity contribution in [2.24, 2.45) is 0 Å². The lowest BCUT2D eigenvalue weighted by Crippen LogP contribution is -2.04. The number of carbonyl (C=O) groups is 1. The van der Waals surface area contributed by atoms with Crippen LogP contribution in [0.1, 0.15) is 10.5 Å². The van der Waals surface area contributed by atoms with Crippen molar-refractivity contribution in [3.05, 3.63) is 52.1 Å². The fourth-order valence-electron chi connectivity index (χ4n) is 1.41. The zero-order valence-electron chi connectivity index (χ0n) is 9.32. The summed E-state index contributed by atoms with van der Waals surface area (Å²) in [5, 5.41) is 11.2. The molecule has 1 heterocycles. The highest BCUT2D eigenvalue weighted by molar-refractivity contribution is 9.10. The number of aromatic nitrogens is 1. The Kier molecular flexibility index (Phi) is 3.75. The maximum Gasteiger partial charge on any atom is 0.354 e. The number of benzene rings is 1. The van der Waals surface area contributed by atoms with Crippen LogP contribution in [0, 0.1) is 11.6 Å². The van der Waals surface area contributed by atoms with E-state index >= 15 is 0 Å². The predicted octanol–water partition coefficient (Wildman–Crippen LogP) is 3.56. The van der Waals surface area contributed by atoms with Crippen molar-refractivity contribution in [3.8, 4) is 0 Å². The molecule has 0 unspecified atom stereocenters. The molecule has 0 saturated heterocycles. The van der Waals surface area contributed by atoms with Gasteiger partial charge in [0.05, 0.1) is 0 Å². The number of hydrogen-bond acceptors (Lipinski definition) is 3. The van der Waals surface area contributed by atoms with Crippen LogP contribution < -0.4 is 5.32 Å². The molecule has 19 heavy (non-hydrogen) atoms. The zero-order chi connectivity index (χ0) is 14.0. The minimum Gasteiger partial charge on any atom is -0.477 e. The van der Waals surface area contributed by atoms with E-state index in [1.165, 1.54) is 18.2 Å². The van der Waals surface area contributed by atoms with Gasteiger partial charge in [-0.05, 0) is 24.3 Å². The molecule has 0 aliphatic carbocycles. The minimum atomic E-state index is -1.22. The molecule has 1 aromatic heterocycles. The van der Waals surface area contributed by atoms with E-state index in [1.807, 2.05) is 0 Å². The maximum absolute atomic E-state index is 13.6. The van der Waals surface area contributed by atoms with Crippen LogP contribution in [0.4, 0.5) is 20.3 Å². The third kappa shape index (κ3) is 3.05. The van der Waals surface area contributed by atoms with E-state index in [1.54, 1.807) is 0 Å². The number of hydrogen-bond donors (Lipinski definition) is 2. The molecule has 2 aromatic rings. The van der Waals surface area contributed by atoms with Gasteiger partial charge in [0.15, 0.2) is 17.3 Å². The van der Waals surface area contributed by atoms with Gasteiger partial charge < -0.3 is 10.4 Å². The largest absolute Gasteiger partial charge is 0.477 e. The molecule has 0 amide bonds. The Morgan fingerprint density at radius 3 is 2.47 bits per heavy atom. The molecule has 0 fully saturated rings. The first-order valence-electron chi connectivity index (χ1n) is 5.09. The Labute approximate surface area is 115 Å². The van der Waals surface area contributed by atoms with Gasteiger partial charge >= 0.3 is 5.97 Å². The van der Waals surface area contributed by atoms with E-state index in [0.717, 1.165) is 12.1 Å². The fraction of sp³-hybridized carbons (Fsp3) is 0. The number of carboxylic acid groups (broad SMARTS) is 1. The van der Waals surface area contributed by atoms with Gasteiger partial charge in [-0.2, -0.15) is 0 Å². The highest BCUT2D eigenvalue weighted by Crippen LogP contribution is 2.26. The molecule has 0 atom stereocenters. The van der Waals surface area contributed by atoms with Crippen LogP contribution in [0.2, 0.25) is 0 Å². The van der Waals surface area contributed by atoms with Gasteiger partial charge in [-0.15, -0.1) is 0 Å². The van der Waals surface area contributed by atoms with Crippen molar-refractivity contribution in [3.63, 3.8) is 0 Å². The number of nitrogens with zero attached hydrogens (tertiary/aromatic N) is 1. The van der Waals surface area contributed by atoms with Crippen LogP contribution in [0.3, 0.4) is 0 Å². The molecule has 0 saturated carbocycles. The second-order valence-corrected chi connectivity index (χ2v) is 4.50. The van der Waals surface area contributed by atoms with Crippen molar-refractivity contribution in [1.29, 1.82) is 0 Å². The third-order valence-corrected chi connectivity index (χ3v) is 2.69. The van der Waals surface area contributed by atoms with Crippen LogP contribution in [0.15, 0.2) is 34.8 Å². The number of carboxylic acids is 1. The first kappa shape index (κ1) is 13.4. The molecule has 0 radical (unpaired) electrons. The van der Waals surface area contributed by atoms with Gasteiger partial charge in [0, 0.05) is 4.47 Å². The lowest BCUT2D eigenvalue weighted by atomic mass is 10.3. The van der Waals surface area contributed by atoms with Gasteiger partial charge in [0.25, 0.3) is 0 Å². The Balaban J connectivity index is 2.36. The molecule has 2 N–H and O–H groups in total. The molecule has 0 spiro atoms. The average molecular weight is 329 g/mol. The van der Waals surface area contributed by atoms with E-state index in [9.17, 15) is 13.6 Å². The number of halogens is 3. The topological polar surface area (TPSA) is 62.2 Å². The highest BCUT2D eigenvalue weighted by Gasteiger charge is 2.12. The second-order valence-electron chi connectivity index (χ2n) is 3.58.